The van der Waals surface area contributed by atoms with Crippen LogP contribution in [0.25, 0.3) is 0 Å². The third-order valence-corrected chi connectivity index (χ3v) is 4.17. The Kier molecular flexibility index (Phi) is 5.80. The molecule has 3 rings (SSSR count). The fraction of sp³-hybridized carbons (Fsp3) is 0.167. The first-order valence-electron chi connectivity index (χ1n) is 7.86. The van der Waals surface area contributed by atoms with Crippen LogP contribution >= 0.6 is 11.8 Å². The van der Waals surface area contributed by atoms with Crippen molar-refractivity contribution in [1.82, 2.24) is 14.9 Å². The summed E-state index contributed by atoms with van der Waals surface area (Å²) < 4.78 is 46.4. The molecule has 0 amide bonds. The molecule has 140 valence electrons. The molecular weight excluding hydrogens is 377 g/mol. The zero-order valence-corrected chi connectivity index (χ0v) is 15.0. The van der Waals surface area contributed by atoms with Crippen molar-refractivity contribution in [2.45, 2.75) is 17.9 Å². The van der Waals surface area contributed by atoms with Gasteiger partial charge in [-0.2, -0.15) is 22.9 Å². The van der Waals surface area contributed by atoms with Gasteiger partial charge in [-0.3, -0.25) is 0 Å². The average Bonchev–Trinajstić information content (AvgIpc) is 3.07. The van der Waals surface area contributed by atoms with E-state index in [0.717, 1.165) is 12.3 Å². The molecule has 0 unspecified atom stereocenters. The van der Waals surface area contributed by atoms with Crippen molar-refractivity contribution in [2.24, 2.45) is 5.10 Å². The maximum Gasteiger partial charge on any atom is 0.417 e. The summed E-state index contributed by atoms with van der Waals surface area (Å²) >= 11 is 1.28. The van der Waals surface area contributed by atoms with Crippen molar-refractivity contribution >= 4 is 18.0 Å². The van der Waals surface area contributed by atoms with Crippen molar-refractivity contribution in [2.75, 3.05) is 6.26 Å². The Morgan fingerprint density at radius 1 is 1.07 bits per heavy atom. The molecule has 0 aliphatic heterocycles. The third kappa shape index (κ3) is 4.68. The van der Waals surface area contributed by atoms with E-state index in [9.17, 15) is 13.2 Å². The van der Waals surface area contributed by atoms with E-state index in [2.05, 4.69) is 15.3 Å². The molecule has 0 saturated carbocycles. The van der Waals surface area contributed by atoms with Crippen LogP contribution in [0.2, 0.25) is 0 Å². The van der Waals surface area contributed by atoms with Crippen LogP contribution in [0.4, 0.5) is 13.2 Å². The number of halogens is 3. The molecule has 0 radical (unpaired) electrons. The quantitative estimate of drug-likeness (QED) is 0.459. The third-order valence-electron chi connectivity index (χ3n) is 3.55. The number of aromatic nitrogens is 3. The van der Waals surface area contributed by atoms with Gasteiger partial charge in [-0.05, 0) is 24.5 Å². The van der Waals surface area contributed by atoms with Gasteiger partial charge in [0.2, 0.25) is 5.16 Å². The van der Waals surface area contributed by atoms with E-state index >= 15 is 0 Å². The lowest BCUT2D eigenvalue weighted by Gasteiger charge is -2.10. The Balaban J connectivity index is 1.86. The van der Waals surface area contributed by atoms with Crippen molar-refractivity contribution in [3.05, 3.63) is 71.5 Å². The van der Waals surface area contributed by atoms with Crippen molar-refractivity contribution in [1.29, 1.82) is 0 Å². The number of alkyl halides is 3. The normalized spacial score (nSPS) is 11.9. The van der Waals surface area contributed by atoms with Crippen molar-refractivity contribution < 1.29 is 17.9 Å². The highest BCUT2D eigenvalue weighted by atomic mass is 32.2. The number of hydrogen-bond donors (Lipinski definition) is 0. The van der Waals surface area contributed by atoms with Crippen LogP contribution in [-0.4, -0.2) is 27.3 Å². The smallest absolute Gasteiger partial charge is 0.417 e. The topological polar surface area (TPSA) is 52.3 Å². The fourth-order valence-corrected chi connectivity index (χ4v) is 2.73. The molecule has 3 aromatic rings. The molecular formula is C18H15F3N4OS. The number of rotatable bonds is 6. The van der Waals surface area contributed by atoms with E-state index in [1.807, 2.05) is 18.2 Å². The van der Waals surface area contributed by atoms with E-state index in [1.165, 1.54) is 34.6 Å². The molecule has 1 aromatic heterocycles. The fourth-order valence-electron chi connectivity index (χ4n) is 2.28. The standard InChI is InChI=1S/C18H15F3N4OS/c1-27-17-24-23-16(12-26-14-8-3-2-4-9-14)25(17)22-11-13-7-5-6-10-15(13)18(19,20)21/h2-11H,12H2,1H3/b22-11-. The predicted molar refractivity (Wildman–Crippen MR) is 97.0 cm³/mol. The maximum atomic E-state index is 13.1. The first-order valence-corrected chi connectivity index (χ1v) is 9.08. The van der Waals surface area contributed by atoms with E-state index in [-0.39, 0.29) is 12.2 Å². The molecule has 5 nitrogen and oxygen atoms in total. The molecule has 1 heterocycles. The second-order valence-corrected chi connectivity index (χ2v) is 6.12. The van der Waals surface area contributed by atoms with E-state index < -0.39 is 11.7 Å². The molecule has 9 heteroatoms. The van der Waals surface area contributed by atoms with Crippen molar-refractivity contribution in [3.63, 3.8) is 0 Å². The number of ether oxygens (including phenoxy) is 1. The molecule has 0 N–H and O–H groups in total. The molecule has 0 spiro atoms. The van der Waals surface area contributed by atoms with Gasteiger partial charge < -0.3 is 4.74 Å². The van der Waals surface area contributed by atoms with Crippen LogP contribution < -0.4 is 4.74 Å². The van der Waals surface area contributed by atoms with Gasteiger partial charge in [0.05, 0.1) is 11.8 Å². The van der Waals surface area contributed by atoms with E-state index in [4.69, 9.17) is 4.74 Å². The largest absolute Gasteiger partial charge is 0.486 e. The Morgan fingerprint density at radius 3 is 2.48 bits per heavy atom. The summed E-state index contributed by atoms with van der Waals surface area (Å²) in [5, 5.41) is 12.6. The van der Waals surface area contributed by atoms with Gasteiger partial charge in [-0.1, -0.05) is 48.2 Å². The van der Waals surface area contributed by atoms with Crippen molar-refractivity contribution in [3.8, 4) is 5.75 Å². The van der Waals surface area contributed by atoms with Gasteiger partial charge in [0.15, 0.2) is 5.82 Å². The maximum absolute atomic E-state index is 13.1. The van der Waals surface area contributed by atoms with Crippen LogP contribution in [0, 0.1) is 0 Å². The minimum atomic E-state index is -4.46. The number of nitrogens with zero attached hydrogens (tertiary/aromatic N) is 4. The summed E-state index contributed by atoms with van der Waals surface area (Å²) in [6, 6.07) is 14.3. The lowest BCUT2D eigenvalue weighted by atomic mass is 10.1. The van der Waals surface area contributed by atoms with Gasteiger partial charge in [0.25, 0.3) is 0 Å². The number of thioether (sulfide) groups is 1. The lowest BCUT2D eigenvalue weighted by molar-refractivity contribution is -0.137. The second-order valence-electron chi connectivity index (χ2n) is 5.35. The van der Waals surface area contributed by atoms with Gasteiger partial charge in [0.1, 0.15) is 12.4 Å². The molecule has 0 aliphatic carbocycles. The first-order chi connectivity index (χ1) is 13.0. The molecule has 0 saturated heterocycles. The lowest BCUT2D eigenvalue weighted by Crippen LogP contribution is -2.09. The van der Waals surface area contributed by atoms with Gasteiger partial charge >= 0.3 is 6.18 Å². The first kappa shape index (κ1) is 19.0. The molecule has 27 heavy (non-hydrogen) atoms. The minimum Gasteiger partial charge on any atom is -0.486 e. The Bertz CT molecular complexity index is 926. The summed E-state index contributed by atoms with van der Waals surface area (Å²) in [6.07, 6.45) is -1.53. The number of benzene rings is 2. The molecule has 2 aromatic carbocycles. The minimum absolute atomic E-state index is 0.0410. The van der Waals surface area contributed by atoms with Crippen LogP contribution in [0.15, 0.2) is 64.9 Å². The highest BCUT2D eigenvalue weighted by Crippen LogP contribution is 2.31. The SMILES string of the molecule is CSc1nnc(COc2ccccc2)n1/N=C\c1ccccc1C(F)(F)F. The Morgan fingerprint density at radius 2 is 1.78 bits per heavy atom. The molecule has 0 fully saturated rings. The summed E-state index contributed by atoms with van der Waals surface area (Å²) in [6.45, 7) is 0.0792. The van der Waals surface area contributed by atoms with Gasteiger partial charge in [-0.15, -0.1) is 10.2 Å². The average molecular weight is 392 g/mol. The monoisotopic (exact) mass is 392 g/mol. The van der Waals surface area contributed by atoms with Gasteiger partial charge in [-0.25, -0.2) is 0 Å². The van der Waals surface area contributed by atoms with E-state index in [1.54, 1.807) is 18.4 Å². The predicted octanol–water partition coefficient (Wildman–Crippen LogP) is 4.48. The highest BCUT2D eigenvalue weighted by Gasteiger charge is 2.32. The molecule has 0 atom stereocenters. The summed E-state index contributed by atoms with van der Waals surface area (Å²) in [5.74, 6) is 1.02. The Hall–Kier alpha value is -2.81. The summed E-state index contributed by atoms with van der Waals surface area (Å²) in [7, 11) is 0. The van der Waals surface area contributed by atoms with Crippen LogP contribution in [0.5, 0.6) is 5.75 Å². The van der Waals surface area contributed by atoms with Crippen LogP contribution in [0.3, 0.4) is 0 Å². The van der Waals surface area contributed by atoms with Crippen LogP contribution in [0.1, 0.15) is 17.0 Å². The zero-order valence-electron chi connectivity index (χ0n) is 14.2. The Labute approximate surface area is 157 Å². The summed E-state index contributed by atoms with van der Waals surface area (Å²) in [5.41, 5.74) is -0.796. The van der Waals surface area contributed by atoms with E-state index in [0.29, 0.717) is 16.7 Å². The second kappa shape index (κ2) is 8.26. The highest BCUT2D eigenvalue weighted by molar-refractivity contribution is 7.98. The number of hydrogen-bond acceptors (Lipinski definition) is 5. The van der Waals surface area contributed by atoms with Gasteiger partial charge in [0, 0.05) is 5.56 Å². The molecule has 0 bridgehead atoms. The molecule has 0 aliphatic rings. The zero-order chi connectivity index (χ0) is 19.3. The summed E-state index contributed by atoms with van der Waals surface area (Å²) in [4.78, 5) is 0. The number of para-hydroxylation sites is 1. The van der Waals surface area contributed by atoms with Crippen LogP contribution in [-0.2, 0) is 12.8 Å².